The molecule has 1 aliphatic rings. The van der Waals surface area contributed by atoms with E-state index in [1.807, 2.05) is 24.3 Å². The Morgan fingerprint density at radius 2 is 2.29 bits per heavy atom. The van der Waals surface area contributed by atoms with E-state index in [1.165, 1.54) is 12.8 Å². The molecule has 1 saturated carbocycles. The highest BCUT2D eigenvalue weighted by Crippen LogP contribution is 2.24. The third-order valence-corrected chi connectivity index (χ3v) is 3.02. The topological polar surface area (TPSA) is 38.1 Å². The summed E-state index contributed by atoms with van der Waals surface area (Å²) in [5.74, 6) is 1.49. The number of hydrogen-bond acceptors (Lipinski definition) is 3. The molecule has 17 heavy (non-hydrogen) atoms. The van der Waals surface area contributed by atoms with Crippen LogP contribution in [0.2, 0.25) is 5.02 Å². The molecule has 0 atom stereocenters. The normalized spacial score (nSPS) is 15.1. The molecule has 1 heterocycles. The van der Waals surface area contributed by atoms with Crippen LogP contribution in [0.3, 0.4) is 0 Å². The van der Waals surface area contributed by atoms with Crippen LogP contribution >= 0.6 is 11.6 Å². The Balaban J connectivity index is 1.74. The first-order chi connectivity index (χ1) is 8.31. The fourth-order valence-corrected chi connectivity index (χ4v) is 1.88. The first kappa shape index (κ1) is 10.8. The maximum atomic E-state index is 5.94. The maximum Gasteiger partial charge on any atom is 0.208 e. The molecule has 3 nitrogen and oxygen atoms in total. The smallest absolute Gasteiger partial charge is 0.208 e. The lowest BCUT2D eigenvalue weighted by atomic mass is 10.2. The van der Waals surface area contributed by atoms with Crippen molar-refractivity contribution in [2.75, 3.05) is 0 Å². The molecule has 1 aromatic heterocycles. The molecule has 0 saturated heterocycles. The molecule has 1 aromatic carbocycles. The molecule has 0 aliphatic heterocycles. The predicted molar refractivity (Wildman–Crippen MR) is 66.8 cm³/mol. The van der Waals surface area contributed by atoms with Crippen LogP contribution in [0.25, 0.3) is 11.3 Å². The van der Waals surface area contributed by atoms with Crippen molar-refractivity contribution < 1.29 is 4.42 Å². The molecule has 1 N–H and O–H groups in total. The largest absolute Gasteiger partial charge is 0.439 e. The van der Waals surface area contributed by atoms with Crippen molar-refractivity contribution in [1.82, 2.24) is 10.3 Å². The van der Waals surface area contributed by atoms with Gasteiger partial charge in [-0.25, -0.2) is 4.98 Å². The van der Waals surface area contributed by atoms with Crippen LogP contribution in [0.5, 0.6) is 0 Å². The quantitative estimate of drug-likeness (QED) is 0.903. The summed E-state index contributed by atoms with van der Waals surface area (Å²) in [6.07, 6.45) is 4.28. The van der Waals surface area contributed by atoms with Crippen molar-refractivity contribution in [3.8, 4) is 11.3 Å². The molecule has 0 radical (unpaired) electrons. The van der Waals surface area contributed by atoms with Crippen LogP contribution in [0.1, 0.15) is 18.7 Å². The van der Waals surface area contributed by atoms with E-state index in [1.54, 1.807) is 6.20 Å². The minimum atomic E-state index is 0.663. The number of nitrogens with zero attached hydrogens (tertiary/aromatic N) is 1. The Morgan fingerprint density at radius 1 is 1.41 bits per heavy atom. The summed E-state index contributed by atoms with van der Waals surface area (Å²) in [7, 11) is 0. The molecule has 3 rings (SSSR count). The number of nitrogens with one attached hydrogen (secondary N) is 1. The number of rotatable bonds is 4. The zero-order chi connectivity index (χ0) is 11.7. The number of benzene rings is 1. The highest BCUT2D eigenvalue weighted by Gasteiger charge is 2.20. The van der Waals surface area contributed by atoms with Gasteiger partial charge in [-0.15, -0.1) is 0 Å². The standard InChI is InChI=1S/C13H13ClN2O/c14-10-3-1-2-9(6-10)12-7-16-13(17-12)8-15-11-4-5-11/h1-3,6-7,11,15H,4-5,8H2. The molecule has 0 unspecified atom stereocenters. The third kappa shape index (κ3) is 2.68. The van der Waals surface area contributed by atoms with Gasteiger partial charge in [0.25, 0.3) is 0 Å². The van der Waals surface area contributed by atoms with E-state index in [2.05, 4.69) is 10.3 Å². The number of aromatic nitrogens is 1. The zero-order valence-corrected chi connectivity index (χ0v) is 10.1. The van der Waals surface area contributed by atoms with E-state index in [0.29, 0.717) is 17.6 Å². The average molecular weight is 249 g/mol. The Labute approximate surface area is 105 Å². The van der Waals surface area contributed by atoms with Gasteiger partial charge in [-0.05, 0) is 25.0 Å². The van der Waals surface area contributed by atoms with Crippen LogP contribution < -0.4 is 5.32 Å². The van der Waals surface area contributed by atoms with E-state index in [9.17, 15) is 0 Å². The van der Waals surface area contributed by atoms with Crippen molar-refractivity contribution >= 4 is 11.6 Å². The van der Waals surface area contributed by atoms with Gasteiger partial charge in [0, 0.05) is 16.6 Å². The first-order valence-electron chi connectivity index (χ1n) is 5.75. The summed E-state index contributed by atoms with van der Waals surface area (Å²) in [4.78, 5) is 4.25. The minimum absolute atomic E-state index is 0.663. The van der Waals surface area contributed by atoms with E-state index in [4.69, 9.17) is 16.0 Å². The Hall–Kier alpha value is -1.32. The second-order valence-electron chi connectivity index (χ2n) is 4.28. The van der Waals surface area contributed by atoms with Crippen LogP contribution in [0, 0.1) is 0 Å². The lowest BCUT2D eigenvalue weighted by Gasteiger charge is -1.98. The second kappa shape index (κ2) is 4.51. The molecule has 1 aliphatic carbocycles. The maximum absolute atomic E-state index is 5.94. The zero-order valence-electron chi connectivity index (χ0n) is 9.32. The number of hydrogen-bond donors (Lipinski definition) is 1. The van der Waals surface area contributed by atoms with Crippen LogP contribution in [0.4, 0.5) is 0 Å². The molecule has 4 heteroatoms. The van der Waals surface area contributed by atoms with Gasteiger partial charge in [-0.3, -0.25) is 0 Å². The predicted octanol–water partition coefficient (Wildman–Crippen LogP) is 3.25. The van der Waals surface area contributed by atoms with Crippen molar-refractivity contribution in [3.05, 3.63) is 41.4 Å². The van der Waals surface area contributed by atoms with Crippen molar-refractivity contribution in [2.24, 2.45) is 0 Å². The molecule has 1 fully saturated rings. The van der Waals surface area contributed by atoms with E-state index in [-0.39, 0.29) is 0 Å². The molecule has 0 amide bonds. The van der Waals surface area contributed by atoms with Crippen molar-refractivity contribution in [2.45, 2.75) is 25.4 Å². The van der Waals surface area contributed by atoms with Gasteiger partial charge in [0.15, 0.2) is 5.76 Å². The van der Waals surface area contributed by atoms with Crippen LogP contribution in [-0.4, -0.2) is 11.0 Å². The molecule has 0 spiro atoms. The molecular weight excluding hydrogens is 236 g/mol. The highest BCUT2D eigenvalue weighted by molar-refractivity contribution is 6.30. The van der Waals surface area contributed by atoms with Gasteiger partial charge in [-0.1, -0.05) is 23.7 Å². The fourth-order valence-electron chi connectivity index (χ4n) is 1.69. The van der Waals surface area contributed by atoms with Gasteiger partial charge in [0.2, 0.25) is 5.89 Å². The van der Waals surface area contributed by atoms with Gasteiger partial charge >= 0.3 is 0 Å². The van der Waals surface area contributed by atoms with E-state index in [0.717, 1.165) is 17.2 Å². The Morgan fingerprint density at radius 3 is 3.06 bits per heavy atom. The van der Waals surface area contributed by atoms with Gasteiger partial charge in [0.1, 0.15) is 0 Å². The van der Waals surface area contributed by atoms with E-state index < -0.39 is 0 Å². The molecular formula is C13H13ClN2O. The van der Waals surface area contributed by atoms with Crippen LogP contribution in [-0.2, 0) is 6.54 Å². The SMILES string of the molecule is Clc1cccc(-c2cnc(CNC3CC3)o2)c1. The van der Waals surface area contributed by atoms with Gasteiger partial charge in [-0.2, -0.15) is 0 Å². The summed E-state index contributed by atoms with van der Waals surface area (Å²) in [5.41, 5.74) is 0.961. The summed E-state index contributed by atoms with van der Waals surface area (Å²) >= 11 is 5.94. The Bertz CT molecular complexity index is 520. The highest BCUT2D eigenvalue weighted by atomic mass is 35.5. The molecule has 0 bridgehead atoms. The average Bonchev–Trinajstić information content (AvgIpc) is 3.04. The third-order valence-electron chi connectivity index (χ3n) is 2.78. The Kier molecular flexibility index (Phi) is 2.87. The monoisotopic (exact) mass is 248 g/mol. The van der Waals surface area contributed by atoms with Crippen molar-refractivity contribution in [3.63, 3.8) is 0 Å². The summed E-state index contributed by atoms with van der Waals surface area (Å²) in [5, 5.41) is 4.07. The molecule has 2 aromatic rings. The second-order valence-corrected chi connectivity index (χ2v) is 4.72. The number of halogens is 1. The van der Waals surface area contributed by atoms with Crippen LogP contribution in [0.15, 0.2) is 34.9 Å². The molecule has 88 valence electrons. The van der Waals surface area contributed by atoms with Gasteiger partial charge in [0.05, 0.1) is 12.7 Å². The summed E-state index contributed by atoms with van der Waals surface area (Å²) in [6.45, 7) is 0.700. The fraction of sp³-hybridized carbons (Fsp3) is 0.308. The number of oxazole rings is 1. The summed E-state index contributed by atoms with van der Waals surface area (Å²) in [6, 6.07) is 8.25. The minimum Gasteiger partial charge on any atom is -0.439 e. The van der Waals surface area contributed by atoms with Gasteiger partial charge < -0.3 is 9.73 Å². The summed E-state index contributed by atoms with van der Waals surface area (Å²) < 4.78 is 5.67. The first-order valence-corrected chi connectivity index (χ1v) is 6.13. The van der Waals surface area contributed by atoms with E-state index >= 15 is 0 Å². The lowest BCUT2D eigenvalue weighted by Crippen LogP contribution is -2.15. The van der Waals surface area contributed by atoms with Crippen molar-refractivity contribution in [1.29, 1.82) is 0 Å². The lowest BCUT2D eigenvalue weighted by molar-refractivity contribution is 0.476.